The summed E-state index contributed by atoms with van der Waals surface area (Å²) in [5.41, 5.74) is 1.17. The molecule has 1 N–H and O–H groups in total. The van der Waals surface area contributed by atoms with Gasteiger partial charge in [0.1, 0.15) is 0 Å². The Hall–Kier alpha value is -2.94. The van der Waals surface area contributed by atoms with E-state index in [9.17, 15) is 23.3 Å². The van der Waals surface area contributed by atoms with Crippen molar-refractivity contribution in [1.82, 2.24) is 0 Å². The summed E-state index contributed by atoms with van der Waals surface area (Å²) in [5, 5.41) is 10.9. The standard InChI is InChI=1S/C17H17N3O5S/c1-12-4-5-14(20(22)23)11-16(12)18-26(24,25)15-8-6-13(7-9-15)19-10-2-3-17(19)21/h4-9,11,18H,2-3,10H2,1H3. The van der Waals surface area contributed by atoms with E-state index in [1.54, 1.807) is 24.0 Å². The zero-order valence-corrected chi connectivity index (χ0v) is 14.8. The van der Waals surface area contributed by atoms with Crippen LogP contribution in [0, 0.1) is 17.0 Å². The number of rotatable bonds is 5. The fourth-order valence-electron chi connectivity index (χ4n) is 2.76. The van der Waals surface area contributed by atoms with Gasteiger partial charge in [-0.15, -0.1) is 0 Å². The van der Waals surface area contributed by atoms with Gasteiger partial charge in [-0.2, -0.15) is 0 Å². The summed E-state index contributed by atoms with van der Waals surface area (Å²) in [4.78, 5) is 23.7. The van der Waals surface area contributed by atoms with Crippen LogP contribution in [0.25, 0.3) is 0 Å². The second-order valence-corrected chi connectivity index (χ2v) is 7.69. The van der Waals surface area contributed by atoms with Crippen LogP contribution in [-0.4, -0.2) is 25.8 Å². The second kappa shape index (κ2) is 6.75. The predicted molar refractivity (Wildman–Crippen MR) is 96.7 cm³/mol. The van der Waals surface area contributed by atoms with E-state index in [0.717, 1.165) is 6.42 Å². The van der Waals surface area contributed by atoms with Crippen LogP contribution in [0.5, 0.6) is 0 Å². The molecule has 136 valence electrons. The molecule has 0 unspecified atom stereocenters. The number of hydrogen-bond donors (Lipinski definition) is 1. The number of amides is 1. The summed E-state index contributed by atoms with van der Waals surface area (Å²) in [5.74, 6) is 0.0194. The minimum absolute atomic E-state index is 0.0128. The molecule has 0 aliphatic carbocycles. The molecule has 0 saturated carbocycles. The summed E-state index contributed by atoms with van der Waals surface area (Å²) in [6, 6.07) is 9.97. The third kappa shape index (κ3) is 3.52. The molecular formula is C17H17N3O5S. The molecule has 26 heavy (non-hydrogen) atoms. The van der Waals surface area contributed by atoms with Crippen LogP contribution in [0.3, 0.4) is 0 Å². The fourth-order valence-corrected chi connectivity index (χ4v) is 3.89. The number of sulfonamides is 1. The molecule has 3 rings (SSSR count). The van der Waals surface area contributed by atoms with Crippen LogP contribution in [0.2, 0.25) is 0 Å². The Balaban J connectivity index is 1.85. The van der Waals surface area contributed by atoms with Gasteiger partial charge in [-0.3, -0.25) is 19.6 Å². The topological polar surface area (TPSA) is 110 Å². The fraction of sp³-hybridized carbons (Fsp3) is 0.235. The summed E-state index contributed by atoms with van der Waals surface area (Å²) < 4.78 is 27.5. The Morgan fingerprint density at radius 3 is 2.42 bits per heavy atom. The van der Waals surface area contributed by atoms with Crippen molar-refractivity contribution in [3.8, 4) is 0 Å². The molecule has 1 heterocycles. The second-order valence-electron chi connectivity index (χ2n) is 6.00. The first kappa shape index (κ1) is 17.9. The molecule has 1 fully saturated rings. The van der Waals surface area contributed by atoms with E-state index in [-0.39, 0.29) is 22.2 Å². The van der Waals surface area contributed by atoms with Gasteiger partial charge in [-0.25, -0.2) is 8.42 Å². The number of carbonyl (C=O) groups excluding carboxylic acids is 1. The van der Waals surface area contributed by atoms with Gasteiger partial charge in [-0.05, 0) is 43.2 Å². The van der Waals surface area contributed by atoms with Crippen molar-refractivity contribution in [3.63, 3.8) is 0 Å². The van der Waals surface area contributed by atoms with Gasteiger partial charge in [-0.1, -0.05) is 6.07 Å². The molecule has 2 aromatic carbocycles. The van der Waals surface area contributed by atoms with Crippen molar-refractivity contribution in [1.29, 1.82) is 0 Å². The maximum Gasteiger partial charge on any atom is 0.271 e. The van der Waals surface area contributed by atoms with Gasteiger partial charge in [0.15, 0.2) is 0 Å². The minimum Gasteiger partial charge on any atom is -0.312 e. The molecule has 8 nitrogen and oxygen atoms in total. The number of hydrogen-bond acceptors (Lipinski definition) is 5. The van der Waals surface area contributed by atoms with E-state index in [0.29, 0.717) is 24.2 Å². The number of anilines is 2. The number of nitro groups is 1. The Labute approximate surface area is 150 Å². The minimum atomic E-state index is -3.91. The zero-order chi connectivity index (χ0) is 18.9. The Morgan fingerprint density at radius 1 is 1.15 bits per heavy atom. The van der Waals surface area contributed by atoms with Gasteiger partial charge in [0.05, 0.1) is 15.5 Å². The van der Waals surface area contributed by atoms with E-state index in [1.165, 1.54) is 30.3 Å². The third-order valence-electron chi connectivity index (χ3n) is 4.21. The summed E-state index contributed by atoms with van der Waals surface area (Å²) >= 11 is 0. The van der Waals surface area contributed by atoms with Crippen molar-refractivity contribution in [2.24, 2.45) is 0 Å². The molecular weight excluding hydrogens is 358 g/mol. The predicted octanol–water partition coefficient (Wildman–Crippen LogP) is 2.83. The van der Waals surface area contributed by atoms with E-state index in [1.807, 2.05) is 0 Å². The molecule has 0 aromatic heterocycles. The van der Waals surface area contributed by atoms with Gasteiger partial charge >= 0.3 is 0 Å². The molecule has 0 atom stereocenters. The smallest absolute Gasteiger partial charge is 0.271 e. The van der Waals surface area contributed by atoms with Gasteiger partial charge in [0.2, 0.25) is 5.91 Å². The average Bonchev–Trinajstić information content (AvgIpc) is 3.02. The lowest BCUT2D eigenvalue weighted by Gasteiger charge is -2.16. The highest BCUT2D eigenvalue weighted by Gasteiger charge is 2.23. The lowest BCUT2D eigenvalue weighted by Crippen LogP contribution is -2.23. The maximum absolute atomic E-state index is 12.6. The molecule has 2 aromatic rings. The number of nitrogens with zero attached hydrogens (tertiary/aromatic N) is 2. The van der Waals surface area contributed by atoms with Gasteiger partial charge in [0.25, 0.3) is 15.7 Å². The third-order valence-corrected chi connectivity index (χ3v) is 5.59. The van der Waals surface area contributed by atoms with Crippen molar-refractivity contribution < 1.29 is 18.1 Å². The largest absolute Gasteiger partial charge is 0.312 e. The summed E-state index contributed by atoms with van der Waals surface area (Å²) in [6.07, 6.45) is 1.28. The van der Waals surface area contributed by atoms with E-state index in [2.05, 4.69) is 4.72 Å². The van der Waals surface area contributed by atoms with Crippen LogP contribution in [0.4, 0.5) is 17.1 Å². The number of non-ortho nitro benzene ring substituents is 1. The highest BCUT2D eigenvalue weighted by atomic mass is 32.2. The van der Waals surface area contributed by atoms with Crippen LogP contribution in [0.15, 0.2) is 47.4 Å². The summed E-state index contributed by atoms with van der Waals surface area (Å²) in [7, 11) is -3.91. The molecule has 1 saturated heterocycles. The SMILES string of the molecule is Cc1ccc([N+](=O)[O-])cc1NS(=O)(=O)c1ccc(N2CCCC2=O)cc1. The number of nitro benzene ring substituents is 1. The lowest BCUT2D eigenvalue weighted by molar-refractivity contribution is -0.384. The quantitative estimate of drug-likeness (QED) is 0.638. The van der Waals surface area contributed by atoms with E-state index >= 15 is 0 Å². The Morgan fingerprint density at radius 2 is 1.85 bits per heavy atom. The van der Waals surface area contributed by atoms with Gasteiger partial charge < -0.3 is 4.90 Å². The monoisotopic (exact) mass is 375 g/mol. The maximum atomic E-state index is 12.6. The molecule has 1 amide bonds. The number of benzene rings is 2. The average molecular weight is 375 g/mol. The molecule has 1 aliphatic rings. The molecule has 9 heteroatoms. The van der Waals surface area contributed by atoms with Crippen molar-refractivity contribution in [2.75, 3.05) is 16.2 Å². The number of nitrogens with one attached hydrogen (secondary N) is 1. The molecule has 1 aliphatic heterocycles. The highest BCUT2D eigenvalue weighted by Crippen LogP contribution is 2.26. The molecule has 0 radical (unpaired) electrons. The normalized spacial score (nSPS) is 14.5. The van der Waals surface area contributed by atoms with Crippen LogP contribution in [-0.2, 0) is 14.8 Å². The molecule has 0 bridgehead atoms. The number of aryl methyl sites for hydroxylation is 1. The molecule has 0 spiro atoms. The van der Waals surface area contributed by atoms with Crippen LogP contribution < -0.4 is 9.62 Å². The Bertz CT molecular complexity index is 970. The van der Waals surface area contributed by atoms with Gasteiger partial charge in [0, 0.05) is 30.8 Å². The van der Waals surface area contributed by atoms with Crippen molar-refractivity contribution >= 4 is 33.0 Å². The van der Waals surface area contributed by atoms with Crippen molar-refractivity contribution in [3.05, 3.63) is 58.1 Å². The summed E-state index contributed by atoms with van der Waals surface area (Å²) in [6.45, 7) is 2.28. The zero-order valence-electron chi connectivity index (χ0n) is 14.0. The highest BCUT2D eigenvalue weighted by molar-refractivity contribution is 7.92. The van der Waals surface area contributed by atoms with E-state index < -0.39 is 14.9 Å². The van der Waals surface area contributed by atoms with Crippen LogP contribution in [0.1, 0.15) is 18.4 Å². The first-order valence-corrected chi connectivity index (χ1v) is 9.44. The first-order chi connectivity index (χ1) is 12.3. The lowest BCUT2D eigenvalue weighted by atomic mass is 10.2. The van der Waals surface area contributed by atoms with Crippen molar-refractivity contribution in [2.45, 2.75) is 24.7 Å². The Kier molecular flexibility index (Phi) is 4.64. The number of carbonyl (C=O) groups is 1. The van der Waals surface area contributed by atoms with E-state index in [4.69, 9.17) is 0 Å². The van der Waals surface area contributed by atoms with Crippen LogP contribution >= 0.6 is 0 Å². The first-order valence-electron chi connectivity index (χ1n) is 7.96.